The van der Waals surface area contributed by atoms with Gasteiger partial charge in [0.2, 0.25) is 0 Å². The molecule has 0 fully saturated rings. The molecule has 0 atom stereocenters. The molecular weight excluding hydrogens is 320 g/mol. The van der Waals surface area contributed by atoms with E-state index in [1.807, 2.05) is 32.0 Å². The zero-order valence-electron chi connectivity index (χ0n) is 14.7. The number of hydrogen-bond donors (Lipinski definition) is 1. The first-order chi connectivity index (χ1) is 12.0. The van der Waals surface area contributed by atoms with E-state index in [-0.39, 0.29) is 24.0 Å². The van der Waals surface area contributed by atoms with E-state index in [2.05, 4.69) is 5.32 Å². The molecule has 0 aromatic heterocycles. The van der Waals surface area contributed by atoms with Gasteiger partial charge in [0.15, 0.2) is 12.4 Å². The number of carbonyl (C=O) groups is 1. The summed E-state index contributed by atoms with van der Waals surface area (Å²) in [6.45, 7) is 5.52. The molecule has 0 aliphatic carbocycles. The van der Waals surface area contributed by atoms with Crippen LogP contribution < -0.4 is 10.1 Å². The topological polar surface area (TPSA) is 81.5 Å². The lowest BCUT2D eigenvalue weighted by atomic mass is 10.0. The van der Waals surface area contributed by atoms with Gasteiger partial charge in [-0.2, -0.15) is 0 Å². The largest absolute Gasteiger partial charge is 0.477 e. The Morgan fingerprint density at radius 3 is 2.36 bits per heavy atom. The predicted octanol–water partition coefficient (Wildman–Crippen LogP) is 4.05. The Morgan fingerprint density at radius 2 is 1.80 bits per heavy atom. The van der Waals surface area contributed by atoms with E-state index in [9.17, 15) is 14.9 Å². The van der Waals surface area contributed by atoms with E-state index in [1.54, 1.807) is 13.0 Å². The molecule has 0 aliphatic heterocycles. The van der Waals surface area contributed by atoms with Crippen molar-refractivity contribution in [2.24, 2.45) is 0 Å². The van der Waals surface area contributed by atoms with Crippen molar-refractivity contribution < 1.29 is 14.5 Å². The van der Waals surface area contributed by atoms with Crippen molar-refractivity contribution in [3.63, 3.8) is 0 Å². The summed E-state index contributed by atoms with van der Waals surface area (Å²) in [6, 6.07) is 10.6. The third-order valence-corrected chi connectivity index (χ3v) is 3.93. The number of nitro groups is 1. The van der Waals surface area contributed by atoms with Gasteiger partial charge in [0, 0.05) is 11.8 Å². The van der Waals surface area contributed by atoms with Crippen LogP contribution >= 0.6 is 0 Å². The van der Waals surface area contributed by atoms with E-state index in [0.29, 0.717) is 0 Å². The average Bonchev–Trinajstić information content (AvgIpc) is 2.60. The molecule has 6 heteroatoms. The fraction of sp³-hybridized carbons (Fsp3) is 0.316. The Balaban J connectivity index is 2.11. The number of para-hydroxylation sites is 1. The maximum atomic E-state index is 12.3. The second kappa shape index (κ2) is 8.28. The summed E-state index contributed by atoms with van der Waals surface area (Å²) >= 11 is 0. The number of hydrogen-bond acceptors (Lipinski definition) is 4. The van der Waals surface area contributed by atoms with Gasteiger partial charge in [-0.15, -0.1) is 0 Å². The molecule has 1 amide bonds. The fourth-order valence-electron chi connectivity index (χ4n) is 2.61. The number of benzene rings is 2. The Labute approximate surface area is 147 Å². The molecule has 25 heavy (non-hydrogen) atoms. The monoisotopic (exact) mass is 342 g/mol. The number of aryl methyl sites for hydroxylation is 3. The fourth-order valence-corrected chi connectivity index (χ4v) is 2.61. The maximum Gasteiger partial charge on any atom is 0.311 e. The first-order valence-electron chi connectivity index (χ1n) is 8.24. The van der Waals surface area contributed by atoms with Crippen molar-refractivity contribution in [3.8, 4) is 5.75 Å². The number of carbonyl (C=O) groups excluding carboxylic acids is 1. The van der Waals surface area contributed by atoms with Gasteiger partial charge in [0.25, 0.3) is 5.91 Å². The van der Waals surface area contributed by atoms with Crippen molar-refractivity contribution >= 4 is 17.3 Å². The number of nitrogens with zero attached hydrogens (tertiary/aromatic N) is 1. The smallest absolute Gasteiger partial charge is 0.311 e. The van der Waals surface area contributed by atoms with Crippen LogP contribution in [0.1, 0.15) is 30.5 Å². The lowest BCUT2D eigenvalue weighted by Gasteiger charge is -2.14. The molecule has 6 nitrogen and oxygen atoms in total. The van der Waals surface area contributed by atoms with Crippen LogP contribution in [-0.2, 0) is 17.6 Å². The summed E-state index contributed by atoms with van der Waals surface area (Å²) in [7, 11) is 0. The van der Waals surface area contributed by atoms with Crippen molar-refractivity contribution in [1.82, 2.24) is 0 Å². The Hall–Kier alpha value is -2.89. The Morgan fingerprint density at radius 1 is 1.16 bits per heavy atom. The minimum atomic E-state index is -0.512. The molecule has 2 aromatic carbocycles. The maximum absolute atomic E-state index is 12.3. The number of ether oxygens (including phenoxy) is 1. The molecule has 2 rings (SSSR count). The molecule has 1 N–H and O–H groups in total. The normalized spacial score (nSPS) is 10.4. The van der Waals surface area contributed by atoms with Gasteiger partial charge in [0.05, 0.1) is 4.92 Å². The molecular formula is C19H22N2O4. The number of nitrogens with one attached hydrogen (secondary N) is 1. The molecule has 0 radical (unpaired) electrons. The molecule has 2 aromatic rings. The summed E-state index contributed by atoms with van der Waals surface area (Å²) in [5.41, 5.74) is 3.52. The molecule has 0 bridgehead atoms. The van der Waals surface area contributed by atoms with E-state index in [0.717, 1.165) is 35.2 Å². The minimum Gasteiger partial charge on any atom is -0.477 e. The predicted molar refractivity (Wildman–Crippen MR) is 97.2 cm³/mol. The summed E-state index contributed by atoms with van der Waals surface area (Å²) < 4.78 is 5.38. The van der Waals surface area contributed by atoms with Crippen molar-refractivity contribution in [1.29, 1.82) is 0 Å². The SMILES string of the molecule is CCc1cccc(CC)c1NC(=O)COc1ccc(C)cc1[N+](=O)[O-]. The minimum absolute atomic E-state index is 0.0882. The number of anilines is 1. The van der Waals surface area contributed by atoms with Crippen molar-refractivity contribution in [3.05, 3.63) is 63.2 Å². The number of nitro benzene ring substituents is 1. The van der Waals surface area contributed by atoms with Gasteiger partial charge in [-0.05, 0) is 42.5 Å². The number of rotatable bonds is 7. The van der Waals surface area contributed by atoms with Crippen LogP contribution in [0.15, 0.2) is 36.4 Å². The zero-order valence-corrected chi connectivity index (χ0v) is 14.7. The summed E-state index contributed by atoms with van der Waals surface area (Å²) in [4.78, 5) is 22.9. The summed E-state index contributed by atoms with van der Waals surface area (Å²) in [6.07, 6.45) is 1.60. The molecule has 0 saturated heterocycles. The second-order valence-corrected chi connectivity index (χ2v) is 5.72. The second-order valence-electron chi connectivity index (χ2n) is 5.72. The molecule has 0 saturated carbocycles. The van der Waals surface area contributed by atoms with Crippen molar-refractivity contribution in [2.45, 2.75) is 33.6 Å². The van der Waals surface area contributed by atoms with Gasteiger partial charge in [0.1, 0.15) is 0 Å². The highest BCUT2D eigenvalue weighted by molar-refractivity contribution is 5.93. The lowest BCUT2D eigenvalue weighted by Crippen LogP contribution is -2.22. The molecule has 0 aliphatic rings. The first kappa shape index (κ1) is 18.4. The lowest BCUT2D eigenvalue weighted by molar-refractivity contribution is -0.385. The average molecular weight is 342 g/mol. The Bertz CT molecular complexity index is 765. The van der Waals surface area contributed by atoms with Gasteiger partial charge >= 0.3 is 5.69 Å². The van der Waals surface area contributed by atoms with Gasteiger partial charge in [-0.1, -0.05) is 38.1 Å². The quantitative estimate of drug-likeness (QED) is 0.608. The van der Waals surface area contributed by atoms with Crippen molar-refractivity contribution in [2.75, 3.05) is 11.9 Å². The van der Waals surface area contributed by atoms with Crippen LogP contribution in [0.4, 0.5) is 11.4 Å². The third-order valence-electron chi connectivity index (χ3n) is 3.93. The van der Waals surface area contributed by atoms with E-state index in [4.69, 9.17) is 4.74 Å². The standard InChI is InChI=1S/C19H22N2O4/c1-4-14-7-6-8-15(5-2)19(14)20-18(22)12-25-17-10-9-13(3)11-16(17)21(23)24/h6-11H,4-5,12H2,1-3H3,(H,20,22). The summed E-state index contributed by atoms with van der Waals surface area (Å²) in [5.74, 6) is -0.254. The van der Waals surface area contributed by atoms with Crippen LogP contribution in [0.3, 0.4) is 0 Å². The van der Waals surface area contributed by atoms with Crippen LogP contribution in [0, 0.1) is 17.0 Å². The molecule has 0 unspecified atom stereocenters. The van der Waals surface area contributed by atoms with Gasteiger partial charge in [-0.3, -0.25) is 14.9 Å². The zero-order chi connectivity index (χ0) is 18.4. The van der Waals surface area contributed by atoms with Gasteiger partial charge < -0.3 is 10.1 Å². The third kappa shape index (κ3) is 4.56. The van der Waals surface area contributed by atoms with Crippen LogP contribution in [0.2, 0.25) is 0 Å². The van der Waals surface area contributed by atoms with E-state index < -0.39 is 4.92 Å². The molecule has 132 valence electrons. The first-order valence-corrected chi connectivity index (χ1v) is 8.24. The summed E-state index contributed by atoms with van der Waals surface area (Å²) in [5, 5.41) is 14.0. The molecule has 0 heterocycles. The van der Waals surface area contributed by atoms with E-state index >= 15 is 0 Å². The Kier molecular flexibility index (Phi) is 6.11. The van der Waals surface area contributed by atoms with Gasteiger partial charge in [-0.25, -0.2) is 0 Å². The van der Waals surface area contributed by atoms with Crippen LogP contribution in [0.5, 0.6) is 5.75 Å². The van der Waals surface area contributed by atoms with Crippen LogP contribution in [0.25, 0.3) is 0 Å². The molecule has 0 spiro atoms. The van der Waals surface area contributed by atoms with Crippen LogP contribution in [-0.4, -0.2) is 17.4 Å². The highest BCUT2D eigenvalue weighted by atomic mass is 16.6. The highest BCUT2D eigenvalue weighted by Gasteiger charge is 2.17. The van der Waals surface area contributed by atoms with E-state index in [1.165, 1.54) is 12.1 Å². The highest BCUT2D eigenvalue weighted by Crippen LogP contribution is 2.28. The number of amides is 1.